The molecule has 4 nitrogen and oxygen atoms in total. The number of nitriles is 1. The van der Waals surface area contributed by atoms with Crippen LogP contribution in [0.2, 0.25) is 0 Å². The second-order valence-corrected chi connectivity index (χ2v) is 7.63. The number of fused-ring (bicyclic) bond motifs is 1. The van der Waals surface area contributed by atoms with Gasteiger partial charge >= 0.3 is 0 Å². The normalized spacial score (nSPS) is 17.1. The highest BCUT2D eigenvalue weighted by atomic mass is 16.3. The average Bonchev–Trinajstić information content (AvgIpc) is 3.28. The summed E-state index contributed by atoms with van der Waals surface area (Å²) in [6.45, 7) is 5.92. The van der Waals surface area contributed by atoms with Gasteiger partial charge in [0.25, 0.3) is 0 Å². The van der Waals surface area contributed by atoms with Gasteiger partial charge < -0.3 is 9.32 Å². The first kappa shape index (κ1) is 18.5. The molecular weight excluding hydrogens is 348 g/mol. The van der Waals surface area contributed by atoms with Gasteiger partial charge in [0.2, 0.25) is 0 Å². The Morgan fingerprint density at radius 3 is 2.61 bits per heavy atom. The lowest BCUT2D eigenvalue weighted by Crippen LogP contribution is -2.29. The number of benzene rings is 2. The third-order valence-corrected chi connectivity index (χ3v) is 5.78. The number of carbonyl (C=O) groups is 1. The van der Waals surface area contributed by atoms with Crippen molar-refractivity contribution in [3.63, 3.8) is 0 Å². The van der Waals surface area contributed by atoms with Crippen LogP contribution in [0.1, 0.15) is 48.4 Å². The molecule has 1 saturated heterocycles. The molecule has 2 aromatic carbocycles. The number of nitrogens with zero attached hydrogens (tertiary/aromatic N) is 2. The summed E-state index contributed by atoms with van der Waals surface area (Å²) in [7, 11) is 0. The van der Waals surface area contributed by atoms with E-state index in [2.05, 4.69) is 17.9 Å². The molecule has 0 saturated carbocycles. The van der Waals surface area contributed by atoms with E-state index in [9.17, 15) is 4.79 Å². The number of Topliss-reactive ketones (excluding diaryl/α,β-unsaturated/α-hetero) is 1. The van der Waals surface area contributed by atoms with Crippen LogP contribution in [0.5, 0.6) is 0 Å². The summed E-state index contributed by atoms with van der Waals surface area (Å²) in [5.41, 5.74) is 4.13. The van der Waals surface area contributed by atoms with Crippen molar-refractivity contribution in [2.45, 2.75) is 39.2 Å². The summed E-state index contributed by atoms with van der Waals surface area (Å²) in [6.07, 6.45) is 3.24. The van der Waals surface area contributed by atoms with Gasteiger partial charge in [-0.1, -0.05) is 18.2 Å². The number of rotatable bonds is 5. The van der Waals surface area contributed by atoms with E-state index in [4.69, 9.17) is 9.68 Å². The Balaban J connectivity index is 1.68. The van der Waals surface area contributed by atoms with Gasteiger partial charge in [-0.25, -0.2) is 0 Å². The lowest BCUT2D eigenvalue weighted by Gasteiger charge is -2.20. The fraction of sp³-hybridized carbons (Fsp3) is 0.333. The molecule has 0 aliphatic carbocycles. The van der Waals surface area contributed by atoms with Gasteiger partial charge in [-0.15, -0.1) is 0 Å². The summed E-state index contributed by atoms with van der Waals surface area (Å²) in [5, 5.41) is 9.86. The summed E-state index contributed by atoms with van der Waals surface area (Å²) < 4.78 is 6.09. The molecule has 1 atom stereocenters. The van der Waals surface area contributed by atoms with Crippen molar-refractivity contribution in [3.8, 4) is 17.2 Å². The Bertz CT molecular complexity index is 1060. The molecule has 1 aliphatic rings. The Labute approximate surface area is 165 Å². The highest BCUT2D eigenvalue weighted by Crippen LogP contribution is 2.32. The Morgan fingerprint density at radius 1 is 1.21 bits per heavy atom. The minimum Gasteiger partial charge on any atom is -0.460 e. The molecule has 0 radical (unpaired) electrons. The smallest absolute Gasteiger partial charge is 0.163 e. The fourth-order valence-electron chi connectivity index (χ4n) is 4.20. The lowest BCUT2D eigenvalue weighted by molar-refractivity contribution is 0.101. The Morgan fingerprint density at radius 2 is 1.96 bits per heavy atom. The zero-order valence-corrected chi connectivity index (χ0v) is 16.4. The minimum atomic E-state index is 0.0419. The third kappa shape index (κ3) is 3.46. The summed E-state index contributed by atoms with van der Waals surface area (Å²) in [5.74, 6) is 0.832. The first-order valence-corrected chi connectivity index (χ1v) is 9.88. The number of furan rings is 1. The molecule has 4 heteroatoms. The Hall–Kier alpha value is -2.90. The van der Waals surface area contributed by atoms with Crippen molar-refractivity contribution < 1.29 is 9.21 Å². The minimum absolute atomic E-state index is 0.0419. The molecule has 4 rings (SSSR count). The standard InChI is InChI=1S/C24H24N2O2/c1-16-4-3-12-26(16)13-11-23-24(17(2)27)21-14-20(9-10-22(21)28-23)19-7-5-18(15-25)6-8-19/h5-10,14,16H,3-4,11-13H2,1-2H3/t16-/m1/s1. The second-order valence-electron chi connectivity index (χ2n) is 7.63. The molecule has 2 heterocycles. The van der Waals surface area contributed by atoms with Crippen molar-refractivity contribution in [2.24, 2.45) is 0 Å². The second kappa shape index (κ2) is 7.61. The van der Waals surface area contributed by atoms with E-state index >= 15 is 0 Å². The first-order chi connectivity index (χ1) is 13.6. The van der Waals surface area contributed by atoms with Crippen LogP contribution < -0.4 is 0 Å². The SMILES string of the molecule is CC(=O)c1c(CCN2CCC[C@H]2C)oc2ccc(-c3ccc(C#N)cc3)cc12. The van der Waals surface area contributed by atoms with Crippen molar-refractivity contribution in [1.82, 2.24) is 4.90 Å². The van der Waals surface area contributed by atoms with Crippen LogP contribution in [0.15, 0.2) is 46.9 Å². The van der Waals surface area contributed by atoms with Gasteiger partial charge in [0.05, 0.1) is 17.2 Å². The van der Waals surface area contributed by atoms with E-state index < -0.39 is 0 Å². The van der Waals surface area contributed by atoms with Gasteiger partial charge in [0.1, 0.15) is 11.3 Å². The summed E-state index contributed by atoms with van der Waals surface area (Å²) in [4.78, 5) is 14.9. The van der Waals surface area contributed by atoms with E-state index in [1.165, 1.54) is 12.8 Å². The van der Waals surface area contributed by atoms with E-state index in [1.54, 1.807) is 6.92 Å². The van der Waals surface area contributed by atoms with Crippen molar-refractivity contribution >= 4 is 16.8 Å². The monoisotopic (exact) mass is 372 g/mol. The van der Waals surface area contributed by atoms with Crippen LogP contribution in [-0.4, -0.2) is 29.8 Å². The van der Waals surface area contributed by atoms with Crippen molar-refractivity contribution in [1.29, 1.82) is 5.26 Å². The molecule has 0 bridgehead atoms. The Kier molecular flexibility index (Phi) is 5.02. The number of hydrogen-bond donors (Lipinski definition) is 0. The molecule has 1 fully saturated rings. The van der Waals surface area contributed by atoms with Crippen LogP contribution >= 0.6 is 0 Å². The van der Waals surface area contributed by atoms with Gasteiger partial charge in [-0.3, -0.25) is 4.79 Å². The van der Waals surface area contributed by atoms with E-state index in [0.717, 1.165) is 47.4 Å². The number of carbonyl (C=O) groups excluding carboxylic acids is 1. The average molecular weight is 372 g/mol. The molecule has 142 valence electrons. The first-order valence-electron chi connectivity index (χ1n) is 9.88. The van der Waals surface area contributed by atoms with Crippen LogP contribution in [0, 0.1) is 11.3 Å². The van der Waals surface area contributed by atoms with E-state index in [-0.39, 0.29) is 5.78 Å². The predicted octanol–water partition coefficient (Wildman–Crippen LogP) is 5.20. The van der Waals surface area contributed by atoms with Crippen LogP contribution in [0.25, 0.3) is 22.1 Å². The topological polar surface area (TPSA) is 57.2 Å². The fourth-order valence-corrected chi connectivity index (χ4v) is 4.20. The van der Waals surface area contributed by atoms with Crippen molar-refractivity contribution in [3.05, 3.63) is 59.4 Å². The molecule has 28 heavy (non-hydrogen) atoms. The maximum Gasteiger partial charge on any atom is 0.163 e. The number of hydrogen-bond acceptors (Lipinski definition) is 4. The maximum absolute atomic E-state index is 12.4. The molecule has 0 unspecified atom stereocenters. The predicted molar refractivity (Wildman–Crippen MR) is 110 cm³/mol. The third-order valence-electron chi connectivity index (χ3n) is 5.78. The molecule has 1 aromatic heterocycles. The van der Waals surface area contributed by atoms with Crippen LogP contribution in [-0.2, 0) is 6.42 Å². The van der Waals surface area contributed by atoms with Crippen LogP contribution in [0.3, 0.4) is 0 Å². The molecule has 3 aromatic rings. The molecule has 0 N–H and O–H groups in total. The quantitative estimate of drug-likeness (QED) is 0.578. The summed E-state index contributed by atoms with van der Waals surface area (Å²) in [6, 6.07) is 16.2. The van der Waals surface area contributed by atoms with Gasteiger partial charge in [-0.05, 0) is 68.6 Å². The van der Waals surface area contributed by atoms with Gasteiger partial charge in [0, 0.05) is 24.4 Å². The largest absolute Gasteiger partial charge is 0.460 e. The molecule has 1 aliphatic heterocycles. The van der Waals surface area contributed by atoms with Crippen LogP contribution in [0.4, 0.5) is 0 Å². The highest BCUT2D eigenvalue weighted by molar-refractivity contribution is 6.08. The lowest BCUT2D eigenvalue weighted by atomic mass is 9.99. The molecule has 0 spiro atoms. The molecular formula is C24H24N2O2. The zero-order chi connectivity index (χ0) is 19.7. The van der Waals surface area contributed by atoms with E-state index in [1.807, 2.05) is 42.5 Å². The number of ketones is 1. The highest BCUT2D eigenvalue weighted by Gasteiger charge is 2.23. The van der Waals surface area contributed by atoms with Gasteiger partial charge in [0.15, 0.2) is 5.78 Å². The maximum atomic E-state index is 12.4. The number of likely N-dealkylation sites (tertiary alicyclic amines) is 1. The van der Waals surface area contributed by atoms with Gasteiger partial charge in [-0.2, -0.15) is 5.26 Å². The molecule has 0 amide bonds. The summed E-state index contributed by atoms with van der Waals surface area (Å²) >= 11 is 0. The van der Waals surface area contributed by atoms with Crippen molar-refractivity contribution in [2.75, 3.05) is 13.1 Å². The zero-order valence-electron chi connectivity index (χ0n) is 16.4. The van der Waals surface area contributed by atoms with E-state index in [0.29, 0.717) is 17.2 Å².